The zero-order valence-electron chi connectivity index (χ0n) is 18.3. The lowest BCUT2D eigenvalue weighted by Gasteiger charge is -2.25. The van der Waals surface area contributed by atoms with Gasteiger partial charge in [0, 0.05) is 15.8 Å². The predicted octanol–water partition coefficient (Wildman–Crippen LogP) is 4.81. The van der Waals surface area contributed by atoms with Gasteiger partial charge in [0.2, 0.25) is 17.7 Å². The fourth-order valence-corrected chi connectivity index (χ4v) is 6.54. The first-order valence-corrected chi connectivity index (χ1v) is 13.0. The van der Waals surface area contributed by atoms with E-state index in [-0.39, 0.29) is 17.9 Å². The molecule has 3 N–H and O–H groups in total. The highest BCUT2D eigenvalue weighted by molar-refractivity contribution is 9.11. The number of hydrogen-bond donors (Lipinski definition) is 3. The van der Waals surface area contributed by atoms with E-state index in [0.717, 1.165) is 25.7 Å². The molecule has 0 radical (unpaired) electrons. The topological polar surface area (TPSA) is 87.3 Å². The number of halogens is 3. The van der Waals surface area contributed by atoms with Crippen molar-refractivity contribution in [2.24, 2.45) is 0 Å². The Morgan fingerprint density at radius 3 is 2.51 bits per heavy atom. The average Bonchev–Trinajstić information content (AvgIpc) is 3.16. The van der Waals surface area contributed by atoms with Crippen LogP contribution in [0.3, 0.4) is 0 Å². The molecule has 182 valence electrons. The van der Waals surface area contributed by atoms with Crippen molar-refractivity contribution in [1.29, 1.82) is 0 Å². The number of benzene rings is 2. The summed E-state index contributed by atoms with van der Waals surface area (Å²) >= 11 is 6.38. The zero-order valence-corrected chi connectivity index (χ0v) is 21.5. The van der Waals surface area contributed by atoms with Crippen LogP contribution in [0.2, 0.25) is 0 Å². The van der Waals surface area contributed by atoms with Crippen LogP contribution in [0.1, 0.15) is 22.6 Å². The second-order valence-electron chi connectivity index (χ2n) is 7.90. The van der Waals surface area contributed by atoms with E-state index < -0.39 is 40.8 Å². The van der Waals surface area contributed by atoms with Crippen molar-refractivity contribution < 1.29 is 23.2 Å². The van der Waals surface area contributed by atoms with E-state index in [0.29, 0.717) is 11.8 Å². The van der Waals surface area contributed by atoms with Gasteiger partial charge in [0.15, 0.2) is 0 Å². The number of anilines is 1. The second-order valence-corrected chi connectivity index (χ2v) is 11.6. The maximum Gasteiger partial charge on any atom is 0.248 e. The highest BCUT2D eigenvalue weighted by atomic mass is 79.9. The van der Waals surface area contributed by atoms with Crippen LogP contribution in [0.25, 0.3) is 0 Å². The van der Waals surface area contributed by atoms with E-state index in [1.807, 2.05) is 30.3 Å². The lowest BCUT2D eigenvalue weighted by Crippen LogP contribution is -2.52. The first kappa shape index (κ1) is 25.3. The van der Waals surface area contributed by atoms with Crippen LogP contribution in [0.15, 0.2) is 63.3 Å². The fraction of sp³-hybridized carbons (Fsp3) is 0.208. The number of rotatable bonds is 6. The van der Waals surface area contributed by atoms with Gasteiger partial charge in [-0.3, -0.25) is 14.4 Å². The molecule has 0 spiro atoms. The maximum atomic E-state index is 13.4. The van der Waals surface area contributed by atoms with Crippen molar-refractivity contribution in [3.8, 4) is 0 Å². The number of carbonyl (C=O) groups excluding carboxylic acids is 3. The van der Waals surface area contributed by atoms with Crippen molar-refractivity contribution >= 4 is 62.4 Å². The van der Waals surface area contributed by atoms with E-state index in [1.54, 1.807) is 6.07 Å². The summed E-state index contributed by atoms with van der Waals surface area (Å²) in [5, 5.41) is 7.76. The Bertz CT molecular complexity index is 1270. The minimum absolute atomic E-state index is 0.147. The van der Waals surface area contributed by atoms with Gasteiger partial charge in [-0.25, -0.2) is 8.78 Å². The molecule has 11 heteroatoms. The van der Waals surface area contributed by atoms with Gasteiger partial charge in [-0.05, 0) is 64.8 Å². The third kappa shape index (κ3) is 6.28. The highest BCUT2D eigenvalue weighted by Crippen LogP contribution is 2.46. The predicted molar refractivity (Wildman–Crippen MR) is 135 cm³/mol. The Kier molecular flexibility index (Phi) is 7.88. The second kappa shape index (κ2) is 10.9. The van der Waals surface area contributed by atoms with Gasteiger partial charge in [-0.2, -0.15) is 0 Å². The third-order valence-corrected chi connectivity index (χ3v) is 8.46. The lowest BCUT2D eigenvalue weighted by atomic mass is 10.1. The number of hydrogen-bond acceptors (Lipinski definition) is 5. The van der Waals surface area contributed by atoms with Crippen LogP contribution in [0.4, 0.5) is 14.5 Å². The normalized spacial score (nSPS) is 18.1. The van der Waals surface area contributed by atoms with Gasteiger partial charge >= 0.3 is 0 Å². The number of fused-ring (bicyclic) bond motifs is 1. The molecule has 3 aromatic rings. The Labute approximate surface area is 217 Å². The van der Waals surface area contributed by atoms with Gasteiger partial charge in [0.1, 0.15) is 23.7 Å². The minimum Gasteiger partial charge on any atom is -0.344 e. The summed E-state index contributed by atoms with van der Waals surface area (Å²) in [5.74, 6) is -3.09. The SMILES string of the molecule is C[C@H](NC(=O)Cc1cc(F)cc(F)c1)C(=O)N[C@@H]1C(=O)Nc2ccccc2S[C@@H]1c1ccc(Br)s1. The highest BCUT2D eigenvalue weighted by Gasteiger charge is 2.37. The lowest BCUT2D eigenvalue weighted by molar-refractivity contribution is -0.130. The molecular weight excluding hydrogens is 560 g/mol. The van der Waals surface area contributed by atoms with Crippen molar-refractivity contribution in [2.75, 3.05) is 5.32 Å². The zero-order chi connectivity index (χ0) is 25.1. The molecule has 35 heavy (non-hydrogen) atoms. The average molecular weight is 580 g/mol. The van der Waals surface area contributed by atoms with Gasteiger partial charge in [-0.1, -0.05) is 12.1 Å². The van der Waals surface area contributed by atoms with E-state index in [4.69, 9.17) is 0 Å². The summed E-state index contributed by atoms with van der Waals surface area (Å²) in [4.78, 5) is 40.3. The smallest absolute Gasteiger partial charge is 0.248 e. The molecule has 0 fully saturated rings. The summed E-state index contributed by atoms with van der Waals surface area (Å²) in [6.45, 7) is 1.48. The number of para-hydroxylation sites is 1. The van der Waals surface area contributed by atoms with Crippen molar-refractivity contribution in [3.05, 3.63) is 80.5 Å². The number of carbonyl (C=O) groups is 3. The van der Waals surface area contributed by atoms with Crippen LogP contribution in [0, 0.1) is 11.6 Å². The third-order valence-electron chi connectivity index (χ3n) is 5.21. The molecule has 0 saturated heterocycles. The molecule has 0 unspecified atom stereocenters. The Morgan fingerprint density at radius 1 is 1.11 bits per heavy atom. The van der Waals surface area contributed by atoms with Gasteiger partial charge in [-0.15, -0.1) is 23.1 Å². The van der Waals surface area contributed by atoms with E-state index in [2.05, 4.69) is 31.9 Å². The van der Waals surface area contributed by atoms with Gasteiger partial charge in [0.05, 0.1) is 21.1 Å². The number of nitrogens with one attached hydrogen (secondary N) is 3. The molecule has 1 aromatic heterocycles. The molecule has 2 heterocycles. The maximum absolute atomic E-state index is 13.4. The molecule has 6 nitrogen and oxygen atoms in total. The minimum atomic E-state index is -0.986. The van der Waals surface area contributed by atoms with E-state index in [9.17, 15) is 23.2 Å². The molecular formula is C24H20BrF2N3O3S2. The first-order valence-electron chi connectivity index (χ1n) is 10.6. The van der Waals surface area contributed by atoms with Crippen molar-refractivity contribution in [1.82, 2.24) is 10.6 Å². The van der Waals surface area contributed by atoms with Crippen LogP contribution >= 0.6 is 39.0 Å². The van der Waals surface area contributed by atoms with Gasteiger partial charge in [0.25, 0.3) is 0 Å². The summed E-state index contributed by atoms with van der Waals surface area (Å²) in [5.41, 5.74) is 0.803. The summed E-state index contributed by atoms with van der Waals surface area (Å²) in [6.07, 6.45) is -0.298. The molecule has 0 bridgehead atoms. The number of thiophene rings is 1. The molecule has 2 aromatic carbocycles. The van der Waals surface area contributed by atoms with Crippen LogP contribution in [0.5, 0.6) is 0 Å². The molecule has 1 aliphatic rings. The molecule has 1 aliphatic heterocycles. The summed E-state index contributed by atoms with van der Waals surface area (Å²) < 4.78 is 27.7. The molecule has 0 aliphatic carbocycles. The Hall–Kier alpha value is -2.76. The largest absolute Gasteiger partial charge is 0.344 e. The van der Waals surface area contributed by atoms with Gasteiger partial charge < -0.3 is 16.0 Å². The fourth-order valence-electron chi connectivity index (χ4n) is 3.60. The van der Waals surface area contributed by atoms with Crippen molar-refractivity contribution in [3.63, 3.8) is 0 Å². The first-order chi connectivity index (χ1) is 16.7. The molecule has 4 rings (SSSR count). The monoisotopic (exact) mass is 579 g/mol. The Morgan fingerprint density at radius 2 is 1.83 bits per heavy atom. The summed E-state index contributed by atoms with van der Waals surface area (Å²) in [6, 6.07) is 12.1. The standard InChI is InChI=1S/C24H20BrF2N3O3S2/c1-12(28-20(31)10-13-8-14(26)11-15(27)9-13)23(32)30-21-22(18-6-7-19(25)34-18)35-17-5-3-2-4-16(17)29-24(21)33/h2-9,11-12,21-22H,10H2,1H3,(H,28,31)(H,29,33)(H,30,32)/t12-,21-,22+/m0/s1. The van der Waals surface area contributed by atoms with Crippen LogP contribution < -0.4 is 16.0 Å². The molecule has 3 atom stereocenters. The van der Waals surface area contributed by atoms with E-state index >= 15 is 0 Å². The quantitative estimate of drug-likeness (QED) is 0.391. The Balaban J connectivity index is 1.48. The molecule has 0 saturated carbocycles. The van der Waals surface area contributed by atoms with E-state index in [1.165, 1.54) is 30.0 Å². The van der Waals surface area contributed by atoms with Crippen LogP contribution in [-0.4, -0.2) is 29.8 Å². The number of amides is 3. The van der Waals surface area contributed by atoms with Crippen LogP contribution in [-0.2, 0) is 20.8 Å². The number of thioether (sulfide) groups is 1. The molecule has 3 amide bonds. The van der Waals surface area contributed by atoms with Crippen molar-refractivity contribution in [2.45, 2.75) is 35.6 Å². The summed E-state index contributed by atoms with van der Waals surface area (Å²) in [7, 11) is 0.